The number of fused-ring (bicyclic) bond motifs is 1. The Morgan fingerprint density at radius 2 is 2.04 bits per heavy atom. The van der Waals surface area contributed by atoms with Gasteiger partial charge in [-0.1, -0.05) is 12.1 Å². The summed E-state index contributed by atoms with van der Waals surface area (Å²) in [5.74, 6) is 0.256. The van der Waals surface area contributed by atoms with Crippen LogP contribution in [0.3, 0.4) is 0 Å². The number of amides is 1. The molecule has 2 aromatic rings. The van der Waals surface area contributed by atoms with Crippen LogP contribution in [-0.2, 0) is 9.53 Å². The molecular weight excluding hydrogens is 469 g/mol. The molecule has 1 atom stereocenters. The van der Waals surface area contributed by atoms with Gasteiger partial charge in [0.15, 0.2) is 11.5 Å². The first-order valence-corrected chi connectivity index (χ1v) is 8.91. The van der Waals surface area contributed by atoms with Crippen molar-refractivity contribution in [3.8, 4) is 11.5 Å². The van der Waals surface area contributed by atoms with Crippen LogP contribution in [0.25, 0.3) is 0 Å². The van der Waals surface area contributed by atoms with E-state index in [1.54, 1.807) is 6.07 Å². The maximum absolute atomic E-state index is 12.1. The van der Waals surface area contributed by atoms with E-state index in [4.69, 9.17) is 14.2 Å². The second kappa shape index (κ2) is 6.68. The number of benzene rings is 2. The van der Waals surface area contributed by atoms with Crippen molar-refractivity contribution in [2.75, 3.05) is 6.79 Å². The number of hydrogen-bond acceptors (Lipinski definition) is 7. The molecule has 2 aliphatic rings. The average molecular weight is 481 g/mol. The minimum absolute atomic E-state index is 0.0199. The number of rotatable bonds is 3. The first-order chi connectivity index (χ1) is 12.9. The standard InChI is InChI=1S/C17H12IN3O6/c1-9(22)20-17(10-3-2-4-11(18)5-10)27-16(19-20)12-6-14-15(26-8-25-14)7-13(12)21(23)24/h2-7,17H,8H2,1H3. The van der Waals surface area contributed by atoms with Gasteiger partial charge in [0, 0.05) is 22.1 Å². The molecule has 9 nitrogen and oxygen atoms in total. The minimum Gasteiger partial charge on any atom is -0.454 e. The highest BCUT2D eigenvalue weighted by Gasteiger charge is 2.37. The maximum Gasteiger partial charge on any atom is 0.286 e. The summed E-state index contributed by atoms with van der Waals surface area (Å²) in [6.07, 6.45) is -0.808. The molecule has 0 bridgehead atoms. The van der Waals surface area contributed by atoms with Crippen molar-refractivity contribution in [2.45, 2.75) is 13.2 Å². The second-order valence-electron chi connectivity index (χ2n) is 5.77. The first-order valence-electron chi connectivity index (χ1n) is 7.83. The number of halogens is 1. The third kappa shape index (κ3) is 3.16. The fourth-order valence-corrected chi connectivity index (χ4v) is 3.37. The van der Waals surface area contributed by atoms with Crippen molar-refractivity contribution >= 4 is 40.1 Å². The van der Waals surface area contributed by atoms with Gasteiger partial charge in [0.1, 0.15) is 5.56 Å². The third-order valence-electron chi connectivity index (χ3n) is 4.02. The molecule has 0 saturated heterocycles. The number of hydrazone groups is 1. The van der Waals surface area contributed by atoms with Gasteiger partial charge in [-0.15, -0.1) is 5.10 Å². The zero-order valence-electron chi connectivity index (χ0n) is 13.9. The molecule has 0 aromatic heterocycles. The summed E-state index contributed by atoms with van der Waals surface area (Å²) in [5.41, 5.74) is 0.577. The molecule has 2 aromatic carbocycles. The third-order valence-corrected chi connectivity index (χ3v) is 4.69. The fraction of sp³-hybridized carbons (Fsp3) is 0.176. The predicted octanol–water partition coefficient (Wildman–Crippen LogP) is 3.17. The SMILES string of the molecule is CC(=O)N1N=C(c2cc3c(cc2[N+](=O)[O-])OCO3)OC1c1cccc(I)c1. The summed E-state index contributed by atoms with van der Waals surface area (Å²) >= 11 is 2.15. The van der Waals surface area contributed by atoms with E-state index in [0.717, 1.165) is 8.58 Å². The van der Waals surface area contributed by atoms with Crippen LogP contribution in [0.5, 0.6) is 11.5 Å². The van der Waals surface area contributed by atoms with Gasteiger partial charge >= 0.3 is 0 Å². The number of carbonyl (C=O) groups excluding carboxylic acids is 1. The molecule has 10 heteroatoms. The van der Waals surface area contributed by atoms with Crippen molar-refractivity contribution in [1.29, 1.82) is 0 Å². The van der Waals surface area contributed by atoms with Crippen LogP contribution in [0, 0.1) is 13.7 Å². The molecule has 1 unspecified atom stereocenters. The lowest BCUT2D eigenvalue weighted by molar-refractivity contribution is -0.385. The monoisotopic (exact) mass is 481 g/mol. The predicted molar refractivity (Wildman–Crippen MR) is 101 cm³/mol. The number of ether oxygens (including phenoxy) is 3. The summed E-state index contributed by atoms with van der Waals surface area (Å²) < 4.78 is 17.3. The quantitative estimate of drug-likeness (QED) is 0.379. The molecule has 0 radical (unpaired) electrons. The number of hydrogen-bond donors (Lipinski definition) is 0. The van der Waals surface area contributed by atoms with E-state index >= 15 is 0 Å². The maximum atomic E-state index is 12.1. The number of nitrogens with zero attached hydrogens (tertiary/aromatic N) is 3. The van der Waals surface area contributed by atoms with Crippen LogP contribution in [0.2, 0.25) is 0 Å². The van der Waals surface area contributed by atoms with Crippen molar-refractivity contribution < 1.29 is 23.9 Å². The Morgan fingerprint density at radius 1 is 1.30 bits per heavy atom. The molecule has 2 heterocycles. The lowest BCUT2D eigenvalue weighted by atomic mass is 10.1. The molecular formula is C17H12IN3O6. The van der Waals surface area contributed by atoms with Gasteiger partial charge in [0.05, 0.1) is 11.0 Å². The Labute approximate surface area is 166 Å². The molecule has 0 saturated carbocycles. The molecule has 0 N–H and O–H groups in total. The van der Waals surface area contributed by atoms with E-state index in [1.807, 2.05) is 18.2 Å². The fourth-order valence-electron chi connectivity index (χ4n) is 2.81. The van der Waals surface area contributed by atoms with E-state index in [0.29, 0.717) is 11.3 Å². The van der Waals surface area contributed by atoms with Gasteiger partial charge in [-0.05, 0) is 34.7 Å². The Balaban J connectivity index is 1.78. The Hall–Kier alpha value is -2.89. The van der Waals surface area contributed by atoms with Crippen LogP contribution < -0.4 is 9.47 Å². The van der Waals surface area contributed by atoms with Crippen LogP contribution in [0.4, 0.5) is 5.69 Å². The van der Waals surface area contributed by atoms with E-state index in [-0.39, 0.29) is 35.6 Å². The van der Waals surface area contributed by atoms with Crippen molar-refractivity contribution in [3.63, 3.8) is 0 Å². The van der Waals surface area contributed by atoms with Crippen LogP contribution in [0.15, 0.2) is 41.5 Å². The van der Waals surface area contributed by atoms with Crippen molar-refractivity contribution in [2.24, 2.45) is 5.10 Å². The highest BCUT2D eigenvalue weighted by molar-refractivity contribution is 14.1. The van der Waals surface area contributed by atoms with E-state index in [1.165, 1.54) is 19.1 Å². The molecule has 2 aliphatic heterocycles. The Kier molecular flexibility index (Phi) is 4.34. The van der Waals surface area contributed by atoms with Crippen molar-refractivity contribution in [1.82, 2.24) is 5.01 Å². The van der Waals surface area contributed by atoms with Crippen LogP contribution >= 0.6 is 22.6 Å². The summed E-state index contributed by atoms with van der Waals surface area (Å²) in [6.45, 7) is 1.33. The van der Waals surface area contributed by atoms with Gasteiger partial charge in [-0.3, -0.25) is 14.9 Å². The molecule has 0 aliphatic carbocycles. The van der Waals surface area contributed by atoms with Gasteiger partial charge in [-0.2, -0.15) is 5.01 Å². The lowest BCUT2D eigenvalue weighted by Crippen LogP contribution is -2.25. The van der Waals surface area contributed by atoms with Crippen molar-refractivity contribution in [3.05, 3.63) is 61.2 Å². The number of carbonyl (C=O) groups is 1. The molecule has 0 spiro atoms. The molecule has 4 rings (SSSR count). The molecule has 0 fully saturated rings. The zero-order chi connectivity index (χ0) is 19.1. The van der Waals surface area contributed by atoms with Gasteiger partial charge < -0.3 is 14.2 Å². The largest absolute Gasteiger partial charge is 0.454 e. The van der Waals surface area contributed by atoms with E-state index < -0.39 is 11.2 Å². The molecule has 27 heavy (non-hydrogen) atoms. The molecule has 138 valence electrons. The molecule has 1 amide bonds. The smallest absolute Gasteiger partial charge is 0.286 e. The Bertz CT molecular complexity index is 993. The first kappa shape index (κ1) is 17.5. The average Bonchev–Trinajstić information content (AvgIpc) is 3.27. The van der Waals surface area contributed by atoms with Gasteiger partial charge in [-0.25, -0.2) is 0 Å². The summed E-state index contributed by atoms with van der Waals surface area (Å²) in [5, 5.41) is 16.9. The van der Waals surface area contributed by atoms with Gasteiger partial charge in [0.2, 0.25) is 24.8 Å². The van der Waals surface area contributed by atoms with Gasteiger partial charge in [0.25, 0.3) is 5.69 Å². The van der Waals surface area contributed by atoms with Crippen LogP contribution in [0.1, 0.15) is 24.3 Å². The normalized spacial score (nSPS) is 17.5. The summed E-state index contributed by atoms with van der Waals surface area (Å²) in [6, 6.07) is 10.1. The number of nitro groups is 1. The minimum atomic E-state index is -0.808. The van der Waals surface area contributed by atoms with E-state index in [2.05, 4.69) is 27.7 Å². The highest BCUT2D eigenvalue weighted by atomic mass is 127. The number of nitro benzene ring substituents is 1. The second-order valence-corrected chi connectivity index (χ2v) is 7.02. The van der Waals surface area contributed by atoms with Crippen LogP contribution in [-0.4, -0.2) is 28.5 Å². The zero-order valence-corrected chi connectivity index (χ0v) is 16.1. The topological polar surface area (TPSA) is 104 Å². The van der Waals surface area contributed by atoms with E-state index in [9.17, 15) is 14.9 Å². The lowest BCUT2D eigenvalue weighted by Gasteiger charge is -2.19. The highest BCUT2D eigenvalue weighted by Crippen LogP contribution is 2.40. The summed E-state index contributed by atoms with van der Waals surface area (Å²) in [4.78, 5) is 23.0. The Morgan fingerprint density at radius 3 is 2.70 bits per heavy atom. The summed E-state index contributed by atoms with van der Waals surface area (Å²) in [7, 11) is 0.